The number of hydrogen-bond acceptors (Lipinski definition) is 6. The summed E-state index contributed by atoms with van der Waals surface area (Å²) < 4.78 is 8.87. The second kappa shape index (κ2) is 15.1. The number of methoxy groups -OCH3 is 1. The van der Waals surface area contributed by atoms with Gasteiger partial charge < -0.3 is 14.4 Å². The molecular formula is C50H39N3O6. The molecule has 59 heavy (non-hydrogen) atoms. The Balaban J connectivity index is 1.15. The Morgan fingerprint density at radius 2 is 1.24 bits per heavy atom. The smallest absolute Gasteiger partial charge is 0.263 e. The van der Waals surface area contributed by atoms with Crippen molar-refractivity contribution in [1.29, 1.82) is 0 Å². The highest BCUT2D eigenvalue weighted by atomic mass is 16.5. The van der Waals surface area contributed by atoms with Gasteiger partial charge in [-0.05, 0) is 102 Å². The van der Waals surface area contributed by atoms with Crippen molar-refractivity contribution in [2.75, 3.05) is 13.7 Å². The molecule has 3 heterocycles. The largest absolute Gasteiger partial charge is 0.508 e. The van der Waals surface area contributed by atoms with E-state index in [1.807, 2.05) is 110 Å². The monoisotopic (exact) mass is 777 g/mol. The highest BCUT2D eigenvalue weighted by Crippen LogP contribution is 2.39. The molecule has 9 nitrogen and oxygen atoms in total. The fourth-order valence-corrected chi connectivity index (χ4v) is 8.43. The predicted molar refractivity (Wildman–Crippen MR) is 231 cm³/mol. The summed E-state index contributed by atoms with van der Waals surface area (Å²) in [5.74, 6) is -0.117. The van der Waals surface area contributed by atoms with Gasteiger partial charge in [-0.1, -0.05) is 84.9 Å². The molecule has 0 atom stereocenters. The molecule has 0 saturated heterocycles. The fraction of sp³-hybridized carbons (Fsp3) is 0.120. The summed E-state index contributed by atoms with van der Waals surface area (Å²) >= 11 is 0. The number of carbonyl (C=O) groups is 2. The van der Waals surface area contributed by atoms with E-state index in [0.29, 0.717) is 45.5 Å². The summed E-state index contributed by atoms with van der Waals surface area (Å²) in [7, 11) is 1.61. The molecule has 290 valence electrons. The average Bonchev–Trinajstić information content (AvgIpc) is 3.51. The van der Waals surface area contributed by atoms with Crippen LogP contribution < -0.4 is 15.9 Å². The Labute approximate surface area is 339 Å². The van der Waals surface area contributed by atoms with Crippen LogP contribution in [0, 0.1) is 6.92 Å². The molecule has 9 heteroatoms. The number of amides is 2. The van der Waals surface area contributed by atoms with Crippen LogP contribution in [-0.4, -0.2) is 44.6 Å². The third kappa shape index (κ3) is 6.46. The van der Waals surface area contributed by atoms with E-state index in [4.69, 9.17) is 4.74 Å². The third-order valence-corrected chi connectivity index (χ3v) is 11.3. The molecular weight excluding hydrogens is 739 g/mol. The first kappa shape index (κ1) is 37.1. The molecule has 8 aromatic rings. The first-order valence-electron chi connectivity index (χ1n) is 19.5. The molecule has 0 aliphatic carbocycles. The van der Waals surface area contributed by atoms with Gasteiger partial charge in [-0.3, -0.25) is 28.6 Å². The van der Waals surface area contributed by atoms with E-state index in [1.54, 1.807) is 58.7 Å². The van der Waals surface area contributed by atoms with Gasteiger partial charge in [0.05, 0.1) is 29.4 Å². The maximum absolute atomic E-state index is 14.9. The number of carbonyl (C=O) groups excluding carboxylic acids is 2. The Morgan fingerprint density at radius 1 is 0.610 bits per heavy atom. The van der Waals surface area contributed by atoms with Crippen LogP contribution in [0.25, 0.3) is 49.7 Å². The average molecular weight is 778 g/mol. The zero-order chi connectivity index (χ0) is 40.8. The van der Waals surface area contributed by atoms with Gasteiger partial charge in [-0.25, -0.2) is 0 Å². The molecule has 0 spiro atoms. The zero-order valence-corrected chi connectivity index (χ0v) is 32.5. The van der Waals surface area contributed by atoms with Crippen molar-refractivity contribution < 1.29 is 19.4 Å². The Hall–Kier alpha value is -7.52. The minimum Gasteiger partial charge on any atom is -0.508 e. The maximum Gasteiger partial charge on any atom is 0.263 e. The Morgan fingerprint density at radius 3 is 1.90 bits per heavy atom. The molecule has 1 N–H and O–H groups in total. The van der Waals surface area contributed by atoms with Gasteiger partial charge in [-0.15, -0.1) is 0 Å². The lowest BCUT2D eigenvalue weighted by Crippen LogP contribution is -2.32. The van der Waals surface area contributed by atoms with Crippen molar-refractivity contribution in [3.8, 4) is 39.6 Å². The quantitative estimate of drug-likeness (QED) is 0.139. The molecule has 0 radical (unpaired) electrons. The van der Waals surface area contributed by atoms with Crippen molar-refractivity contribution in [2.24, 2.45) is 0 Å². The summed E-state index contributed by atoms with van der Waals surface area (Å²) in [5, 5.41) is 13.4. The van der Waals surface area contributed by atoms with Crippen molar-refractivity contribution >= 4 is 33.5 Å². The Kier molecular flexibility index (Phi) is 9.49. The number of aryl methyl sites for hydroxylation is 3. The van der Waals surface area contributed by atoms with Crippen LogP contribution in [0.1, 0.15) is 37.4 Å². The number of benzene rings is 6. The van der Waals surface area contributed by atoms with Crippen LogP contribution in [0.4, 0.5) is 0 Å². The van der Waals surface area contributed by atoms with E-state index >= 15 is 0 Å². The number of pyridine rings is 2. The zero-order valence-electron chi connectivity index (χ0n) is 32.5. The SMILES string of the molecule is COc1ccc(-n2c(-c3ccccc3)c(-c3ccccc3)c3ccc(CCn4c(=O)cc(C)c5ccc(O)c(CCN6C(=O)c7ccccc7C6=O)c54)cc3c2=O)cc1. The van der Waals surface area contributed by atoms with Crippen LogP contribution in [0.15, 0.2) is 155 Å². The van der Waals surface area contributed by atoms with Crippen LogP contribution in [0.2, 0.25) is 0 Å². The van der Waals surface area contributed by atoms with Gasteiger partial charge in [0, 0.05) is 46.7 Å². The molecule has 0 unspecified atom stereocenters. The van der Waals surface area contributed by atoms with Gasteiger partial charge in [0.15, 0.2) is 0 Å². The van der Waals surface area contributed by atoms with Crippen LogP contribution in [0.5, 0.6) is 11.5 Å². The molecule has 0 saturated carbocycles. The number of imide groups is 1. The lowest BCUT2D eigenvalue weighted by Gasteiger charge is -2.21. The highest BCUT2D eigenvalue weighted by molar-refractivity contribution is 6.21. The molecule has 0 fully saturated rings. The first-order chi connectivity index (χ1) is 28.7. The Bertz CT molecular complexity index is 3040. The van der Waals surface area contributed by atoms with Crippen molar-refractivity contribution in [1.82, 2.24) is 14.0 Å². The van der Waals surface area contributed by atoms with Crippen molar-refractivity contribution in [2.45, 2.75) is 26.3 Å². The lowest BCUT2D eigenvalue weighted by atomic mass is 9.92. The summed E-state index contributed by atoms with van der Waals surface area (Å²) in [4.78, 5) is 56.4. The van der Waals surface area contributed by atoms with E-state index < -0.39 is 0 Å². The topological polar surface area (TPSA) is 111 Å². The van der Waals surface area contributed by atoms with E-state index in [1.165, 1.54) is 4.90 Å². The second-order valence-corrected chi connectivity index (χ2v) is 14.8. The van der Waals surface area contributed by atoms with E-state index in [9.17, 15) is 24.3 Å². The number of ether oxygens (including phenoxy) is 1. The van der Waals surface area contributed by atoms with Crippen molar-refractivity contribution in [3.05, 3.63) is 194 Å². The number of hydrogen-bond donors (Lipinski definition) is 1. The molecule has 6 aromatic carbocycles. The number of aromatic nitrogens is 2. The van der Waals surface area contributed by atoms with Gasteiger partial charge in [-0.2, -0.15) is 0 Å². The second-order valence-electron chi connectivity index (χ2n) is 14.8. The number of fused-ring (bicyclic) bond motifs is 3. The van der Waals surface area contributed by atoms with Gasteiger partial charge >= 0.3 is 0 Å². The molecule has 2 aromatic heterocycles. The molecule has 0 bridgehead atoms. The number of phenols is 1. The maximum atomic E-state index is 14.9. The van der Waals surface area contributed by atoms with E-state index in [2.05, 4.69) is 0 Å². The normalized spacial score (nSPS) is 12.4. The number of aromatic hydroxyl groups is 1. The minimum absolute atomic E-state index is 0.0275. The summed E-state index contributed by atoms with van der Waals surface area (Å²) in [6.45, 7) is 2.12. The number of nitrogens with zero attached hydrogens (tertiary/aromatic N) is 3. The lowest BCUT2D eigenvalue weighted by molar-refractivity contribution is 0.0655. The summed E-state index contributed by atoms with van der Waals surface area (Å²) in [6, 6.07) is 45.0. The molecule has 9 rings (SSSR count). The molecule has 1 aliphatic heterocycles. The van der Waals surface area contributed by atoms with E-state index in [0.717, 1.165) is 44.3 Å². The number of rotatable bonds is 10. The van der Waals surface area contributed by atoms with Gasteiger partial charge in [0.2, 0.25) is 0 Å². The van der Waals surface area contributed by atoms with Crippen molar-refractivity contribution in [3.63, 3.8) is 0 Å². The van der Waals surface area contributed by atoms with Gasteiger partial charge in [0.1, 0.15) is 11.5 Å². The van der Waals surface area contributed by atoms with E-state index in [-0.39, 0.29) is 48.2 Å². The van der Waals surface area contributed by atoms with Crippen LogP contribution in [0.3, 0.4) is 0 Å². The fourth-order valence-electron chi connectivity index (χ4n) is 8.43. The highest BCUT2D eigenvalue weighted by Gasteiger charge is 2.35. The van der Waals surface area contributed by atoms with Crippen LogP contribution >= 0.6 is 0 Å². The predicted octanol–water partition coefficient (Wildman–Crippen LogP) is 8.74. The standard InChI is InChI=1S/C50H39N3O6/c1-31-29-44(55)51(47-37(31)23-24-43(54)41(47)26-28-52-48(56)39-15-9-10-16-40(39)49(52)57)27-25-32-17-22-38-42(30-32)50(58)53(35-18-20-36(59-2)21-19-35)46(34-13-7-4-8-14-34)45(38)33-11-5-3-6-12-33/h3-24,29-30,54H,25-28H2,1-2H3. The minimum atomic E-state index is -0.382. The molecule has 2 amide bonds. The number of phenolic OH excluding ortho intramolecular Hbond substituents is 1. The molecule has 1 aliphatic rings. The third-order valence-electron chi connectivity index (χ3n) is 11.3. The first-order valence-corrected chi connectivity index (χ1v) is 19.5. The summed E-state index contributed by atoms with van der Waals surface area (Å²) in [6.07, 6.45) is 0.537. The summed E-state index contributed by atoms with van der Waals surface area (Å²) in [5.41, 5.74) is 7.08. The van der Waals surface area contributed by atoms with Crippen LogP contribution in [-0.2, 0) is 19.4 Å². The van der Waals surface area contributed by atoms with Gasteiger partial charge in [0.25, 0.3) is 22.9 Å².